The molecule has 1 heterocycles. The molecule has 1 aliphatic heterocycles. The van der Waals surface area contributed by atoms with Crippen LogP contribution in [0.5, 0.6) is 11.5 Å². The van der Waals surface area contributed by atoms with Gasteiger partial charge in [0.2, 0.25) is 0 Å². The molecule has 2 aromatic rings. The first kappa shape index (κ1) is 23.2. The molecule has 7 nitrogen and oxygen atoms in total. The van der Waals surface area contributed by atoms with Gasteiger partial charge in [-0.05, 0) is 29.7 Å². The van der Waals surface area contributed by atoms with Crippen LogP contribution in [0.25, 0.3) is 0 Å². The first-order valence-corrected chi connectivity index (χ1v) is 10.7. The fourth-order valence-corrected chi connectivity index (χ4v) is 3.69. The summed E-state index contributed by atoms with van der Waals surface area (Å²) in [6, 6.07) is 18.1. The predicted octanol–water partition coefficient (Wildman–Crippen LogP) is 2.59. The maximum absolute atomic E-state index is 12.8. The number of nitriles is 1. The molecule has 2 aromatic carbocycles. The molecule has 1 aliphatic rings. The second-order valence-corrected chi connectivity index (χ2v) is 7.62. The van der Waals surface area contributed by atoms with Crippen LogP contribution in [0, 0.1) is 11.3 Å². The molecule has 168 valence electrons. The summed E-state index contributed by atoms with van der Waals surface area (Å²) < 4.78 is 10.6. The van der Waals surface area contributed by atoms with Gasteiger partial charge in [0.25, 0.3) is 5.91 Å². The molecule has 1 saturated heterocycles. The Labute approximate surface area is 189 Å². The predicted molar refractivity (Wildman–Crippen MR) is 123 cm³/mol. The monoisotopic (exact) mass is 434 g/mol. The number of nitrogens with one attached hydrogen (secondary N) is 1. The van der Waals surface area contributed by atoms with Gasteiger partial charge in [-0.25, -0.2) is 0 Å². The number of carbonyl (C=O) groups excluding carboxylic acids is 1. The van der Waals surface area contributed by atoms with E-state index in [1.165, 1.54) is 11.8 Å². The molecule has 0 bridgehead atoms. The van der Waals surface area contributed by atoms with Gasteiger partial charge in [0.15, 0.2) is 11.5 Å². The van der Waals surface area contributed by atoms with Crippen molar-refractivity contribution in [3.05, 3.63) is 71.4 Å². The molecule has 32 heavy (non-hydrogen) atoms. The van der Waals surface area contributed by atoms with Gasteiger partial charge < -0.3 is 19.7 Å². The summed E-state index contributed by atoms with van der Waals surface area (Å²) in [5, 5.41) is 12.6. The van der Waals surface area contributed by atoms with E-state index < -0.39 is 0 Å². The third-order valence-electron chi connectivity index (χ3n) is 5.51. The summed E-state index contributed by atoms with van der Waals surface area (Å²) in [7, 11) is 3.21. The van der Waals surface area contributed by atoms with Crippen LogP contribution in [0.1, 0.15) is 11.1 Å². The van der Waals surface area contributed by atoms with Crippen molar-refractivity contribution in [1.82, 2.24) is 15.1 Å². The van der Waals surface area contributed by atoms with E-state index >= 15 is 0 Å². The number of amides is 1. The second-order valence-electron chi connectivity index (χ2n) is 7.62. The van der Waals surface area contributed by atoms with Crippen LogP contribution in [0.4, 0.5) is 0 Å². The minimum absolute atomic E-state index is 0.133. The standard InChI is InChI=1S/C25H30N4O3/c1-31-23-9-8-20(16-24(23)32-2)10-11-27-18-22(17-26)25(30)29-14-12-28(13-15-29)19-21-6-4-3-5-7-21/h3-9,16,18,27H,10-15,19H2,1-2H3/b22-18-. The van der Waals surface area contributed by atoms with Gasteiger partial charge in [0.05, 0.1) is 14.2 Å². The van der Waals surface area contributed by atoms with Crippen molar-refractivity contribution < 1.29 is 14.3 Å². The highest BCUT2D eigenvalue weighted by atomic mass is 16.5. The van der Waals surface area contributed by atoms with Crippen molar-refractivity contribution in [3.8, 4) is 17.6 Å². The Morgan fingerprint density at radius 1 is 1.03 bits per heavy atom. The zero-order valence-electron chi connectivity index (χ0n) is 18.7. The first-order valence-electron chi connectivity index (χ1n) is 10.7. The van der Waals surface area contributed by atoms with Gasteiger partial charge in [-0.1, -0.05) is 36.4 Å². The largest absolute Gasteiger partial charge is 0.493 e. The SMILES string of the molecule is COc1ccc(CCN/C=C(/C#N)C(=O)N2CCN(Cc3ccccc3)CC2)cc1OC. The Balaban J connectivity index is 1.47. The van der Waals surface area contributed by atoms with Crippen LogP contribution in [0.3, 0.4) is 0 Å². The van der Waals surface area contributed by atoms with Crippen LogP contribution < -0.4 is 14.8 Å². The number of rotatable bonds is 9. The molecule has 3 rings (SSSR count). The van der Waals surface area contributed by atoms with Crippen LogP contribution in [0.15, 0.2) is 60.3 Å². The van der Waals surface area contributed by atoms with E-state index in [9.17, 15) is 10.1 Å². The Bertz CT molecular complexity index is 961. The molecule has 0 unspecified atom stereocenters. The average Bonchev–Trinajstić information content (AvgIpc) is 2.84. The van der Waals surface area contributed by atoms with E-state index in [1.54, 1.807) is 19.1 Å². The zero-order valence-corrected chi connectivity index (χ0v) is 18.7. The highest BCUT2D eigenvalue weighted by Crippen LogP contribution is 2.27. The van der Waals surface area contributed by atoms with E-state index in [2.05, 4.69) is 22.3 Å². The maximum Gasteiger partial charge on any atom is 0.266 e. The van der Waals surface area contributed by atoms with E-state index in [-0.39, 0.29) is 11.5 Å². The van der Waals surface area contributed by atoms with Gasteiger partial charge in [-0.15, -0.1) is 0 Å². The summed E-state index contributed by atoms with van der Waals surface area (Å²) in [6.07, 6.45) is 2.25. The van der Waals surface area contributed by atoms with Gasteiger partial charge in [-0.2, -0.15) is 5.26 Å². The molecule has 7 heteroatoms. The fraction of sp³-hybridized carbons (Fsp3) is 0.360. The average molecular weight is 435 g/mol. The molecular formula is C25H30N4O3. The highest BCUT2D eigenvalue weighted by molar-refractivity contribution is 5.97. The molecule has 1 fully saturated rings. The number of methoxy groups -OCH3 is 2. The lowest BCUT2D eigenvalue weighted by atomic mass is 10.1. The van der Waals surface area contributed by atoms with Gasteiger partial charge in [0.1, 0.15) is 11.6 Å². The Kier molecular flexibility index (Phi) is 8.52. The quantitative estimate of drug-likeness (QED) is 0.371. The summed E-state index contributed by atoms with van der Waals surface area (Å²) in [5.74, 6) is 1.15. The molecule has 0 saturated carbocycles. The van der Waals surface area contributed by atoms with Crippen molar-refractivity contribution >= 4 is 5.91 Å². The minimum atomic E-state index is -0.217. The van der Waals surface area contributed by atoms with Crippen molar-refractivity contribution in [2.45, 2.75) is 13.0 Å². The van der Waals surface area contributed by atoms with E-state index in [0.29, 0.717) is 31.1 Å². The van der Waals surface area contributed by atoms with Crippen LogP contribution >= 0.6 is 0 Å². The van der Waals surface area contributed by atoms with Gasteiger partial charge in [0, 0.05) is 45.5 Å². The maximum atomic E-state index is 12.8. The highest BCUT2D eigenvalue weighted by Gasteiger charge is 2.23. The molecule has 0 atom stereocenters. The summed E-state index contributed by atoms with van der Waals surface area (Å²) >= 11 is 0. The number of carbonyl (C=O) groups is 1. The smallest absolute Gasteiger partial charge is 0.266 e. The molecular weight excluding hydrogens is 404 g/mol. The Morgan fingerprint density at radius 2 is 1.75 bits per heavy atom. The molecule has 0 aromatic heterocycles. The lowest BCUT2D eigenvalue weighted by Gasteiger charge is -2.34. The molecule has 1 amide bonds. The fourth-order valence-electron chi connectivity index (χ4n) is 3.69. The van der Waals surface area contributed by atoms with Crippen molar-refractivity contribution in [3.63, 3.8) is 0 Å². The number of benzene rings is 2. The van der Waals surface area contributed by atoms with E-state index in [0.717, 1.165) is 31.6 Å². The lowest BCUT2D eigenvalue weighted by Crippen LogP contribution is -2.48. The normalized spacial score (nSPS) is 14.5. The first-order chi connectivity index (χ1) is 15.6. The number of hydrogen-bond acceptors (Lipinski definition) is 6. The number of piperazine rings is 1. The lowest BCUT2D eigenvalue weighted by molar-refractivity contribution is -0.128. The van der Waals surface area contributed by atoms with Crippen LogP contribution in [0.2, 0.25) is 0 Å². The van der Waals surface area contributed by atoms with Crippen LogP contribution in [-0.2, 0) is 17.8 Å². The zero-order chi connectivity index (χ0) is 22.8. The summed E-state index contributed by atoms with van der Waals surface area (Å²) in [5.41, 5.74) is 2.47. The molecule has 0 spiro atoms. The summed E-state index contributed by atoms with van der Waals surface area (Å²) in [4.78, 5) is 16.8. The van der Waals surface area contributed by atoms with Crippen molar-refractivity contribution in [2.75, 3.05) is 46.9 Å². The number of nitrogens with zero attached hydrogens (tertiary/aromatic N) is 3. The van der Waals surface area contributed by atoms with Crippen LogP contribution in [-0.4, -0.2) is 62.7 Å². The van der Waals surface area contributed by atoms with E-state index in [4.69, 9.17) is 9.47 Å². The summed E-state index contributed by atoms with van der Waals surface area (Å²) in [6.45, 7) is 4.31. The van der Waals surface area contributed by atoms with Gasteiger partial charge in [-0.3, -0.25) is 9.69 Å². The van der Waals surface area contributed by atoms with Crippen molar-refractivity contribution in [2.24, 2.45) is 0 Å². The third kappa shape index (κ3) is 6.25. The molecule has 0 aliphatic carbocycles. The Hall–Kier alpha value is -3.50. The number of ether oxygens (including phenoxy) is 2. The second kappa shape index (κ2) is 11.8. The van der Waals surface area contributed by atoms with Crippen molar-refractivity contribution in [1.29, 1.82) is 5.26 Å². The third-order valence-corrected chi connectivity index (χ3v) is 5.51. The molecule has 1 N–H and O–H groups in total. The Morgan fingerprint density at radius 3 is 2.41 bits per heavy atom. The van der Waals surface area contributed by atoms with Gasteiger partial charge >= 0.3 is 0 Å². The molecule has 0 radical (unpaired) electrons. The topological polar surface area (TPSA) is 77.8 Å². The van der Waals surface area contributed by atoms with E-state index in [1.807, 2.05) is 42.5 Å². The number of hydrogen-bond donors (Lipinski definition) is 1. The minimum Gasteiger partial charge on any atom is -0.493 e.